The minimum Gasteiger partial charge on any atom is -0.354 e. The van der Waals surface area contributed by atoms with Crippen LogP contribution in [0.4, 0.5) is 0 Å². The van der Waals surface area contributed by atoms with Crippen molar-refractivity contribution in [3.05, 3.63) is 35.4 Å². The van der Waals surface area contributed by atoms with Crippen LogP contribution in [0, 0.1) is 6.92 Å². The molecule has 0 aliphatic carbocycles. The molecule has 0 saturated carbocycles. The SMILES string of the molecule is Cc1cccc(C(C)(C)C(=O)NCCN)c1. The van der Waals surface area contributed by atoms with Crippen LogP contribution in [0.25, 0.3) is 0 Å². The highest BCUT2D eigenvalue weighted by Crippen LogP contribution is 2.23. The molecule has 1 aromatic rings. The highest BCUT2D eigenvalue weighted by molar-refractivity contribution is 5.87. The van der Waals surface area contributed by atoms with Crippen molar-refractivity contribution >= 4 is 5.91 Å². The molecular weight excluding hydrogens is 200 g/mol. The first kappa shape index (κ1) is 12.7. The molecule has 0 radical (unpaired) electrons. The normalized spacial score (nSPS) is 11.2. The first-order chi connectivity index (χ1) is 7.48. The number of nitrogens with one attached hydrogen (secondary N) is 1. The van der Waals surface area contributed by atoms with Crippen molar-refractivity contribution in [3.8, 4) is 0 Å². The maximum absolute atomic E-state index is 12.0. The Hall–Kier alpha value is -1.35. The lowest BCUT2D eigenvalue weighted by molar-refractivity contribution is -0.125. The van der Waals surface area contributed by atoms with Gasteiger partial charge in [0.2, 0.25) is 5.91 Å². The van der Waals surface area contributed by atoms with Crippen molar-refractivity contribution in [2.45, 2.75) is 26.2 Å². The second-order valence-corrected chi connectivity index (χ2v) is 4.54. The van der Waals surface area contributed by atoms with Crippen LogP contribution in [-0.4, -0.2) is 19.0 Å². The number of nitrogens with two attached hydrogens (primary N) is 1. The Bertz CT molecular complexity index is 372. The summed E-state index contributed by atoms with van der Waals surface area (Å²) in [6, 6.07) is 8.02. The van der Waals surface area contributed by atoms with Crippen LogP contribution in [0.5, 0.6) is 0 Å². The van der Waals surface area contributed by atoms with E-state index in [4.69, 9.17) is 5.73 Å². The van der Waals surface area contributed by atoms with E-state index in [1.807, 2.05) is 45.0 Å². The third-order valence-electron chi connectivity index (χ3n) is 2.74. The van der Waals surface area contributed by atoms with E-state index in [0.29, 0.717) is 13.1 Å². The van der Waals surface area contributed by atoms with Crippen molar-refractivity contribution in [1.82, 2.24) is 5.32 Å². The van der Waals surface area contributed by atoms with Crippen LogP contribution < -0.4 is 11.1 Å². The monoisotopic (exact) mass is 220 g/mol. The molecule has 1 amide bonds. The molecule has 0 saturated heterocycles. The summed E-state index contributed by atoms with van der Waals surface area (Å²) in [5.41, 5.74) is 7.05. The van der Waals surface area contributed by atoms with Crippen molar-refractivity contribution < 1.29 is 4.79 Å². The number of aryl methyl sites for hydroxylation is 1. The number of amides is 1. The summed E-state index contributed by atoms with van der Waals surface area (Å²) in [5.74, 6) is 0.0172. The lowest BCUT2D eigenvalue weighted by Crippen LogP contribution is -2.42. The molecule has 0 aromatic heterocycles. The molecule has 3 N–H and O–H groups in total. The summed E-state index contributed by atoms with van der Waals surface area (Å²) in [4.78, 5) is 12.0. The Morgan fingerprint density at radius 2 is 2.12 bits per heavy atom. The molecule has 0 atom stereocenters. The first-order valence-electron chi connectivity index (χ1n) is 5.54. The van der Waals surface area contributed by atoms with Crippen molar-refractivity contribution in [2.75, 3.05) is 13.1 Å². The van der Waals surface area contributed by atoms with Crippen LogP contribution in [0.2, 0.25) is 0 Å². The fourth-order valence-electron chi connectivity index (χ4n) is 1.57. The molecule has 0 fully saturated rings. The van der Waals surface area contributed by atoms with E-state index in [9.17, 15) is 4.79 Å². The van der Waals surface area contributed by atoms with E-state index in [-0.39, 0.29) is 5.91 Å². The molecule has 16 heavy (non-hydrogen) atoms. The summed E-state index contributed by atoms with van der Waals surface area (Å²) >= 11 is 0. The number of carbonyl (C=O) groups excluding carboxylic acids is 1. The minimum atomic E-state index is -0.513. The number of carbonyl (C=O) groups is 1. The Kier molecular flexibility index (Phi) is 4.07. The number of hydrogen-bond acceptors (Lipinski definition) is 2. The molecule has 88 valence electrons. The smallest absolute Gasteiger partial charge is 0.230 e. The second kappa shape index (κ2) is 5.12. The number of benzene rings is 1. The van der Waals surface area contributed by atoms with Gasteiger partial charge in [-0.25, -0.2) is 0 Å². The molecule has 1 aromatic carbocycles. The van der Waals surface area contributed by atoms with Gasteiger partial charge in [-0.1, -0.05) is 29.8 Å². The zero-order valence-corrected chi connectivity index (χ0v) is 10.2. The molecule has 0 bridgehead atoms. The fourth-order valence-corrected chi connectivity index (χ4v) is 1.57. The summed E-state index contributed by atoms with van der Waals surface area (Å²) in [6.07, 6.45) is 0. The second-order valence-electron chi connectivity index (χ2n) is 4.54. The Morgan fingerprint density at radius 3 is 2.69 bits per heavy atom. The van der Waals surface area contributed by atoms with Gasteiger partial charge in [0.05, 0.1) is 5.41 Å². The van der Waals surface area contributed by atoms with Crippen LogP contribution in [0.3, 0.4) is 0 Å². The van der Waals surface area contributed by atoms with Gasteiger partial charge in [-0.15, -0.1) is 0 Å². The van der Waals surface area contributed by atoms with E-state index in [1.165, 1.54) is 0 Å². The van der Waals surface area contributed by atoms with Gasteiger partial charge in [0.25, 0.3) is 0 Å². The molecule has 0 aliphatic heterocycles. The van der Waals surface area contributed by atoms with Crippen molar-refractivity contribution in [3.63, 3.8) is 0 Å². The van der Waals surface area contributed by atoms with Crippen molar-refractivity contribution in [2.24, 2.45) is 5.73 Å². The topological polar surface area (TPSA) is 55.1 Å². The van der Waals surface area contributed by atoms with E-state index in [1.54, 1.807) is 0 Å². The summed E-state index contributed by atoms with van der Waals surface area (Å²) in [5, 5.41) is 2.83. The highest BCUT2D eigenvalue weighted by Gasteiger charge is 2.29. The minimum absolute atomic E-state index is 0.0172. The Morgan fingerprint density at radius 1 is 1.44 bits per heavy atom. The molecule has 0 spiro atoms. The third kappa shape index (κ3) is 2.83. The van der Waals surface area contributed by atoms with Gasteiger partial charge in [0, 0.05) is 13.1 Å². The van der Waals surface area contributed by atoms with Gasteiger partial charge >= 0.3 is 0 Å². The van der Waals surface area contributed by atoms with Gasteiger partial charge in [0.1, 0.15) is 0 Å². The highest BCUT2D eigenvalue weighted by atomic mass is 16.2. The quantitative estimate of drug-likeness (QED) is 0.804. The largest absolute Gasteiger partial charge is 0.354 e. The van der Waals surface area contributed by atoms with Crippen LogP contribution >= 0.6 is 0 Å². The lowest BCUT2D eigenvalue weighted by atomic mass is 9.83. The average Bonchev–Trinajstić information content (AvgIpc) is 2.25. The van der Waals surface area contributed by atoms with Gasteiger partial charge in [0.15, 0.2) is 0 Å². The lowest BCUT2D eigenvalue weighted by Gasteiger charge is -2.24. The summed E-state index contributed by atoms with van der Waals surface area (Å²) < 4.78 is 0. The van der Waals surface area contributed by atoms with Gasteiger partial charge in [-0.05, 0) is 26.3 Å². The fraction of sp³-hybridized carbons (Fsp3) is 0.462. The van der Waals surface area contributed by atoms with Crippen LogP contribution in [0.1, 0.15) is 25.0 Å². The van der Waals surface area contributed by atoms with E-state index in [2.05, 4.69) is 5.32 Å². The van der Waals surface area contributed by atoms with E-state index < -0.39 is 5.41 Å². The zero-order chi connectivity index (χ0) is 12.2. The van der Waals surface area contributed by atoms with Gasteiger partial charge < -0.3 is 11.1 Å². The number of rotatable bonds is 4. The third-order valence-corrected chi connectivity index (χ3v) is 2.74. The maximum atomic E-state index is 12.0. The zero-order valence-electron chi connectivity index (χ0n) is 10.2. The standard InChI is InChI=1S/C13H20N2O/c1-10-5-4-6-11(9-10)13(2,3)12(16)15-8-7-14/h4-6,9H,7-8,14H2,1-3H3,(H,15,16). The summed E-state index contributed by atoms with van der Waals surface area (Å²) in [7, 11) is 0. The van der Waals surface area contributed by atoms with Gasteiger partial charge in [-0.2, -0.15) is 0 Å². The molecule has 0 aliphatic rings. The van der Waals surface area contributed by atoms with E-state index >= 15 is 0 Å². The Labute approximate surface area is 97.0 Å². The molecular formula is C13H20N2O. The average molecular weight is 220 g/mol. The predicted molar refractivity (Wildman–Crippen MR) is 66.3 cm³/mol. The van der Waals surface area contributed by atoms with E-state index in [0.717, 1.165) is 11.1 Å². The van der Waals surface area contributed by atoms with Crippen LogP contribution in [-0.2, 0) is 10.2 Å². The van der Waals surface area contributed by atoms with Crippen molar-refractivity contribution in [1.29, 1.82) is 0 Å². The summed E-state index contributed by atoms with van der Waals surface area (Å²) in [6.45, 7) is 6.86. The van der Waals surface area contributed by atoms with Crippen LogP contribution in [0.15, 0.2) is 24.3 Å². The molecule has 0 heterocycles. The number of hydrogen-bond donors (Lipinski definition) is 2. The Balaban J connectivity index is 2.88. The molecule has 3 heteroatoms. The van der Waals surface area contributed by atoms with Gasteiger partial charge in [-0.3, -0.25) is 4.79 Å². The molecule has 3 nitrogen and oxygen atoms in total. The predicted octanol–water partition coefficient (Wildman–Crippen LogP) is 1.35. The molecule has 0 unspecified atom stereocenters. The molecule has 1 rings (SSSR count). The first-order valence-corrected chi connectivity index (χ1v) is 5.54. The maximum Gasteiger partial charge on any atom is 0.230 e.